The molecule has 1 rings (SSSR count). The first-order chi connectivity index (χ1) is 7.79. The van der Waals surface area contributed by atoms with Gasteiger partial charge in [0.15, 0.2) is 5.69 Å². The zero-order valence-electron chi connectivity index (χ0n) is 9.32. The van der Waals surface area contributed by atoms with Crippen molar-refractivity contribution in [1.29, 1.82) is 0 Å². The fraction of sp³-hybridized carbons (Fsp3) is 0.600. The van der Waals surface area contributed by atoms with E-state index in [2.05, 4.69) is 15.3 Å². The maximum atomic E-state index is 11.4. The van der Waals surface area contributed by atoms with Crippen molar-refractivity contribution in [3.05, 3.63) is 17.7 Å². The van der Waals surface area contributed by atoms with Crippen LogP contribution in [0.1, 0.15) is 29.5 Å². The Balaban J connectivity index is 2.47. The van der Waals surface area contributed by atoms with E-state index in [1.54, 1.807) is 6.92 Å². The minimum atomic E-state index is -0.414. The molecule has 0 aliphatic heterocycles. The van der Waals surface area contributed by atoms with Crippen LogP contribution in [0.4, 0.5) is 0 Å². The summed E-state index contributed by atoms with van der Waals surface area (Å²) < 4.78 is 4.87. The van der Waals surface area contributed by atoms with Crippen molar-refractivity contribution < 1.29 is 14.6 Å². The highest BCUT2D eigenvalue weighted by atomic mass is 16.5. The van der Waals surface area contributed by atoms with Crippen LogP contribution in [-0.2, 0) is 11.3 Å². The lowest BCUT2D eigenvalue weighted by Gasteiger charge is -2.04. The van der Waals surface area contributed by atoms with E-state index in [1.807, 2.05) is 0 Å². The van der Waals surface area contributed by atoms with Crippen LogP contribution in [0.25, 0.3) is 0 Å². The zero-order chi connectivity index (χ0) is 11.8. The molecule has 1 aromatic rings. The third-order valence-corrected chi connectivity index (χ3v) is 2.00. The number of aromatic nitrogens is 2. The molecule has 1 heterocycles. The van der Waals surface area contributed by atoms with Crippen molar-refractivity contribution in [3.63, 3.8) is 0 Å². The second-order valence-corrected chi connectivity index (χ2v) is 3.20. The number of nitrogens with zero attached hydrogens (tertiary/aromatic N) is 1. The highest BCUT2D eigenvalue weighted by molar-refractivity contribution is 5.88. The first kappa shape index (κ1) is 12.7. The SMILES string of the molecule is CCOC(=O)c1nc[nH]c1CNCCCO. The molecule has 0 fully saturated rings. The Morgan fingerprint density at radius 3 is 3.19 bits per heavy atom. The molecule has 6 nitrogen and oxygen atoms in total. The monoisotopic (exact) mass is 227 g/mol. The second kappa shape index (κ2) is 6.97. The van der Waals surface area contributed by atoms with Gasteiger partial charge in [-0.1, -0.05) is 0 Å². The summed E-state index contributed by atoms with van der Waals surface area (Å²) in [5, 5.41) is 11.7. The maximum Gasteiger partial charge on any atom is 0.358 e. The molecule has 0 aliphatic rings. The number of nitrogens with one attached hydrogen (secondary N) is 2. The molecule has 0 saturated carbocycles. The number of rotatable bonds is 7. The minimum absolute atomic E-state index is 0.153. The summed E-state index contributed by atoms with van der Waals surface area (Å²) in [5.74, 6) is -0.414. The molecule has 0 unspecified atom stereocenters. The van der Waals surface area contributed by atoms with Crippen LogP contribution in [0, 0.1) is 0 Å². The lowest BCUT2D eigenvalue weighted by Crippen LogP contribution is -2.18. The number of carbonyl (C=O) groups excluding carboxylic acids is 1. The standard InChI is InChI=1S/C10H17N3O3/c1-2-16-10(15)9-8(12-7-13-9)6-11-4-3-5-14/h7,11,14H,2-6H2,1H3,(H,12,13). The van der Waals surface area contributed by atoms with Crippen molar-refractivity contribution in [1.82, 2.24) is 15.3 Å². The van der Waals surface area contributed by atoms with Gasteiger partial charge in [-0.3, -0.25) is 0 Å². The van der Waals surface area contributed by atoms with Gasteiger partial charge in [-0.15, -0.1) is 0 Å². The number of aliphatic hydroxyl groups is 1. The summed E-state index contributed by atoms with van der Waals surface area (Å²) in [6, 6.07) is 0. The van der Waals surface area contributed by atoms with Gasteiger partial charge >= 0.3 is 5.97 Å². The number of ether oxygens (including phenoxy) is 1. The molecule has 0 aromatic carbocycles. The summed E-state index contributed by atoms with van der Waals surface area (Å²) in [7, 11) is 0. The van der Waals surface area contributed by atoms with E-state index in [1.165, 1.54) is 6.33 Å². The van der Waals surface area contributed by atoms with E-state index in [9.17, 15) is 4.79 Å². The van der Waals surface area contributed by atoms with E-state index >= 15 is 0 Å². The lowest BCUT2D eigenvalue weighted by atomic mass is 10.3. The van der Waals surface area contributed by atoms with Gasteiger partial charge in [0.2, 0.25) is 0 Å². The normalized spacial score (nSPS) is 10.4. The Morgan fingerprint density at radius 2 is 2.50 bits per heavy atom. The Hall–Kier alpha value is -1.40. The third-order valence-electron chi connectivity index (χ3n) is 2.00. The molecule has 16 heavy (non-hydrogen) atoms. The molecule has 0 atom stereocenters. The van der Waals surface area contributed by atoms with Crippen molar-refractivity contribution in [2.24, 2.45) is 0 Å². The van der Waals surface area contributed by atoms with Crippen molar-refractivity contribution in [2.45, 2.75) is 19.9 Å². The van der Waals surface area contributed by atoms with Crippen LogP contribution in [0.3, 0.4) is 0 Å². The number of imidazole rings is 1. The van der Waals surface area contributed by atoms with Crippen LogP contribution in [0.2, 0.25) is 0 Å². The quantitative estimate of drug-likeness (QED) is 0.453. The zero-order valence-corrected chi connectivity index (χ0v) is 9.32. The van der Waals surface area contributed by atoms with Gasteiger partial charge in [0, 0.05) is 13.2 Å². The fourth-order valence-corrected chi connectivity index (χ4v) is 1.25. The molecular weight excluding hydrogens is 210 g/mol. The first-order valence-corrected chi connectivity index (χ1v) is 5.30. The van der Waals surface area contributed by atoms with Gasteiger partial charge in [-0.2, -0.15) is 0 Å². The molecule has 0 bridgehead atoms. The number of H-pyrrole nitrogens is 1. The third kappa shape index (κ3) is 3.63. The van der Waals surface area contributed by atoms with Crippen LogP contribution in [0.5, 0.6) is 0 Å². The largest absolute Gasteiger partial charge is 0.461 e. The number of aromatic amines is 1. The molecule has 6 heteroatoms. The van der Waals surface area contributed by atoms with Gasteiger partial charge in [-0.05, 0) is 19.9 Å². The van der Waals surface area contributed by atoms with Crippen LogP contribution >= 0.6 is 0 Å². The highest BCUT2D eigenvalue weighted by Gasteiger charge is 2.14. The van der Waals surface area contributed by atoms with E-state index < -0.39 is 5.97 Å². The predicted molar refractivity (Wildman–Crippen MR) is 58.0 cm³/mol. The van der Waals surface area contributed by atoms with E-state index in [-0.39, 0.29) is 6.61 Å². The number of hydrogen-bond donors (Lipinski definition) is 3. The molecule has 0 spiro atoms. The number of carbonyl (C=O) groups is 1. The molecule has 3 N–H and O–H groups in total. The van der Waals surface area contributed by atoms with Crippen molar-refractivity contribution in [3.8, 4) is 0 Å². The van der Waals surface area contributed by atoms with Gasteiger partial charge in [-0.25, -0.2) is 9.78 Å². The Morgan fingerprint density at radius 1 is 1.69 bits per heavy atom. The van der Waals surface area contributed by atoms with E-state index in [4.69, 9.17) is 9.84 Å². The molecular formula is C10H17N3O3. The Kier molecular flexibility index (Phi) is 5.52. The molecule has 0 radical (unpaired) electrons. The van der Waals surface area contributed by atoms with Crippen LogP contribution < -0.4 is 5.32 Å². The molecule has 0 amide bonds. The molecule has 90 valence electrons. The van der Waals surface area contributed by atoms with Crippen LogP contribution in [-0.4, -0.2) is 40.8 Å². The first-order valence-electron chi connectivity index (χ1n) is 5.30. The predicted octanol–water partition coefficient (Wildman–Crippen LogP) is 0.0584. The van der Waals surface area contributed by atoms with Crippen molar-refractivity contribution in [2.75, 3.05) is 19.8 Å². The second-order valence-electron chi connectivity index (χ2n) is 3.20. The number of esters is 1. The minimum Gasteiger partial charge on any atom is -0.461 e. The summed E-state index contributed by atoms with van der Waals surface area (Å²) in [5.41, 5.74) is 1.02. The molecule has 0 saturated heterocycles. The Bertz CT molecular complexity index is 325. The van der Waals surface area contributed by atoms with Gasteiger partial charge in [0.05, 0.1) is 18.6 Å². The van der Waals surface area contributed by atoms with E-state index in [0.717, 1.165) is 0 Å². The van der Waals surface area contributed by atoms with Gasteiger partial charge in [0.25, 0.3) is 0 Å². The Labute approximate surface area is 94.0 Å². The van der Waals surface area contributed by atoms with Crippen LogP contribution in [0.15, 0.2) is 6.33 Å². The smallest absolute Gasteiger partial charge is 0.358 e. The summed E-state index contributed by atoms with van der Waals surface area (Å²) in [6.07, 6.45) is 2.15. The number of hydrogen-bond acceptors (Lipinski definition) is 5. The van der Waals surface area contributed by atoms with Gasteiger partial charge in [0.1, 0.15) is 0 Å². The highest BCUT2D eigenvalue weighted by Crippen LogP contribution is 2.04. The lowest BCUT2D eigenvalue weighted by molar-refractivity contribution is 0.0518. The van der Waals surface area contributed by atoms with Gasteiger partial charge < -0.3 is 20.1 Å². The average molecular weight is 227 g/mol. The summed E-state index contributed by atoms with van der Waals surface area (Å²) in [6.45, 7) is 3.44. The molecule has 0 aliphatic carbocycles. The van der Waals surface area contributed by atoms with Crippen molar-refractivity contribution >= 4 is 5.97 Å². The molecule has 1 aromatic heterocycles. The number of aliphatic hydroxyl groups excluding tert-OH is 1. The fourth-order valence-electron chi connectivity index (χ4n) is 1.25. The summed E-state index contributed by atoms with van der Waals surface area (Å²) >= 11 is 0. The topological polar surface area (TPSA) is 87.2 Å². The maximum absolute atomic E-state index is 11.4. The van der Waals surface area contributed by atoms with E-state index in [0.29, 0.717) is 37.5 Å². The average Bonchev–Trinajstić information content (AvgIpc) is 2.73. The summed E-state index contributed by atoms with van der Waals surface area (Å²) in [4.78, 5) is 18.2.